The molecule has 0 saturated carbocycles. The number of nitrogens with zero attached hydrogens (tertiary/aromatic N) is 1. The largest absolute Gasteiger partial charge is 0.494 e. The summed E-state index contributed by atoms with van der Waals surface area (Å²) in [5.41, 5.74) is 3.03. The Labute approximate surface area is 123 Å². The number of nitro benzene ring substituents is 1. The van der Waals surface area contributed by atoms with Crippen molar-refractivity contribution in [1.82, 2.24) is 0 Å². The van der Waals surface area contributed by atoms with Crippen LogP contribution in [-0.4, -0.2) is 11.5 Å². The molecule has 0 radical (unpaired) electrons. The molecule has 2 aromatic carbocycles. The number of anilines is 1. The van der Waals surface area contributed by atoms with Crippen LogP contribution < -0.4 is 10.1 Å². The molecule has 0 aliphatic rings. The number of non-ortho nitro benzene ring substituents is 1. The number of benzene rings is 2. The van der Waals surface area contributed by atoms with Crippen LogP contribution in [0.3, 0.4) is 0 Å². The van der Waals surface area contributed by atoms with Crippen LogP contribution >= 0.6 is 0 Å². The van der Waals surface area contributed by atoms with Crippen LogP contribution in [-0.2, 0) is 6.54 Å². The Bertz CT molecular complexity index is 641. The van der Waals surface area contributed by atoms with Crippen molar-refractivity contribution in [2.45, 2.75) is 20.4 Å². The van der Waals surface area contributed by atoms with Gasteiger partial charge in [-0.05, 0) is 25.0 Å². The van der Waals surface area contributed by atoms with E-state index < -0.39 is 4.92 Å². The van der Waals surface area contributed by atoms with Gasteiger partial charge in [0.15, 0.2) is 0 Å². The minimum Gasteiger partial charge on any atom is -0.494 e. The summed E-state index contributed by atoms with van der Waals surface area (Å²) in [4.78, 5) is 10.5. The number of nitrogens with one attached hydrogen (secondary N) is 1. The highest BCUT2D eigenvalue weighted by atomic mass is 16.6. The lowest BCUT2D eigenvalue weighted by atomic mass is 10.1. The van der Waals surface area contributed by atoms with Gasteiger partial charge >= 0.3 is 0 Å². The molecule has 21 heavy (non-hydrogen) atoms. The fraction of sp³-hybridized carbons (Fsp3) is 0.250. The Balaban J connectivity index is 2.19. The number of rotatable bonds is 6. The van der Waals surface area contributed by atoms with Crippen molar-refractivity contribution in [3.63, 3.8) is 0 Å². The van der Waals surface area contributed by atoms with E-state index in [1.54, 1.807) is 6.07 Å². The van der Waals surface area contributed by atoms with E-state index in [9.17, 15) is 10.1 Å². The van der Waals surface area contributed by atoms with Gasteiger partial charge in [0.05, 0.1) is 17.6 Å². The van der Waals surface area contributed by atoms with Gasteiger partial charge < -0.3 is 10.1 Å². The SMILES string of the molecule is CCOc1cc(NCc2ccccc2C)cc([N+](=O)[O-])c1. The number of hydrogen-bond donors (Lipinski definition) is 1. The summed E-state index contributed by atoms with van der Waals surface area (Å²) >= 11 is 0. The van der Waals surface area contributed by atoms with Crippen molar-refractivity contribution >= 4 is 11.4 Å². The predicted molar refractivity (Wildman–Crippen MR) is 82.8 cm³/mol. The highest BCUT2D eigenvalue weighted by molar-refractivity contribution is 5.56. The van der Waals surface area contributed by atoms with E-state index in [4.69, 9.17) is 4.74 Å². The van der Waals surface area contributed by atoms with E-state index in [2.05, 4.69) is 5.32 Å². The standard InChI is InChI=1S/C16H18N2O3/c1-3-21-16-9-14(8-15(10-16)18(19)20)17-11-13-7-5-4-6-12(13)2/h4-10,17H,3,11H2,1-2H3. The number of ether oxygens (including phenoxy) is 1. The molecule has 0 aliphatic carbocycles. The van der Waals surface area contributed by atoms with Gasteiger partial charge in [-0.2, -0.15) is 0 Å². The van der Waals surface area contributed by atoms with Crippen molar-refractivity contribution < 1.29 is 9.66 Å². The van der Waals surface area contributed by atoms with Crippen LogP contribution in [0.25, 0.3) is 0 Å². The lowest BCUT2D eigenvalue weighted by Crippen LogP contribution is -2.02. The second-order valence-corrected chi connectivity index (χ2v) is 4.69. The number of nitro groups is 1. The van der Waals surface area contributed by atoms with E-state index in [1.165, 1.54) is 17.7 Å². The molecule has 0 spiro atoms. The summed E-state index contributed by atoms with van der Waals surface area (Å²) in [6.07, 6.45) is 0. The Morgan fingerprint density at radius 1 is 1.24 bits per heavy atom. The van der Waals surface area contributed by atoms with E-state index in [0.29, 0.717) is 24.6 Å². The normalized spacial score (nSPS) is 10.2. The molecule has 5 nitrogen and oxygen atoms in total. The molecule has 0 bridgehead atoms. The molecule has 0 saturated heterocycles. The van der Waals surface area contributed by atoms with Crippen LogP contribution in [0.5, 0.6) is 5.75 Å². The summed E-state index contributed by atoms with van der Waals surface area (Å²) in [6.45, 7) is 4.97. The first-order chi connectivity index (χ1) is 10.1. The summed E-state index contributed by atoms with van der Waals surface area (Å²) in [7, 11) is 0. The summed E-state index contributed by atoms with van der Waals surface area (Å²) in [5.74, 6) is 0.499. The molecule has 0 heterocycles. The van der Waals surface area contributed by atoms with Gasteiger partial charge in [-0.15, -0.1) is 0 Å². The van der Waals surface area contributed by atoms with Crippen LogP contribution in [0.15, 0.2) is 42.5 Å². The maximum Gasteiger partial charge on any atom is 0.275 e. The number of aryl methyl sites for hydroxylation is 1. The highest BCUT2D eigenvalue weighted by Crippen LogP contribution is 2.26. The van der Waals surface area contributed by atoms with E-state index in [0.717, 1.165) is 5.56 Å². The highest BCUT2D eigenvalue weighted by Gasteiger charge is 2.10. The maximum atomic E-state index is 11.0. The topological polar surface area (TPSA) is 64.4 Å². The molecule has 0 amide bonds. The minimum absolute atomic E-state index is 0.0215. The van der Waals surface area contributed by atoms with Crippen molar-refractivity contribution in [3.8, 4) is 5.75 Å². The fourth-order valence-electron chi connectivity index (χ4n) is 2.05. The van der Waals surface area contributed by atoms with E-state index in [-0.39, 0.29) is 5.69 Å². The molecule has 0 fully saturated rings. The summed E-state index contributed by atoms with van der Waals surface area (Å²) in [5, 5.41) is 14.2. The van der Waals surface area contributed by atoms with Crippen molar-refractivity contribution in [2.24, 2.45) is 0 Å². The van der Waals surface area contributed by atoms with Gasteiger partial charge in [-0.3, -0.25) is 10.1 Å². The predicted octanol–water partition coefficient (Wildman–Crippen LogP) is 3.91. The van der Waals surface area contributed by atoms with E-state index >= 15 is 0 Å². The molecule has 5 heteroatoms. The quantitative estimate of drug-likeness (QED) is 0.646. The third-order valence-electron chi connectivity index (χ3n) is 3.16. The zero-order chi connectivity index (χ0) is 15.2. The first-order valence-corrected chi connectivity index (χ1v) is 6.81. The molecule has 1 N–H and O–H groups in total. The third-order valence-corrected chi connectivity index (χ3v) is 3.16. The second kappa shape index (κ2) is 6.74. The number of hydrogen-bond acceptors (Lipinski definition) is 4. The van der Waals surface area contributed by atoms with Crippen molar-refractivity contribution in [1.29, 1.82) is 0 Å². The third kappa shape index (κ3) is 3.95. The van der Waals surface area contributed by atoms with Crippen LogP contribution in [0, 0.1) is 17.0 Å². The van der Waals surface area contributed by atoms with Gasteiger partial charge in [0.1, 0.15) is 5.75 Å². The molecular formula is C16H18N2O3. The first kappa shape index (κ1) is 14.8. The Hall–Kier alpha value is -2.56. The molecule has 2 aromatic rings. The molecular weight excluding hydrogens is 268 g/mol. The molecule has 0 aliphatic heterocycles. The smallest absolute Gasteiger partial charge is 0.275 e. The van der Waals surface area contributed by atoms with Crippen LogP contribution in [0.4, 0.5) is 11.4 Å². The molecule has 0 atom stereocenters. The molecule has 110 valence electrons. The van der Waals surface area contributed by atoms with Gasteiger partial charge in [-0.1, -0.05) is 24.3 Å². The van der Waals surface area contributed by atoms with Gasteiger partial charge in [0.25, 0.3) is 5.69 Å². The monoisotopic (exact) mass is 286 g/mol. The summed E-state index contributed by atoms with van der Waals surface area (Å²) < 4.78 is 5.37. The molecule has 2 rings (SSSR count). The average molecular weight is 286 g/mol. The zero-order valence-electron chi connectivity index (χ0n) is 12.1. The Morgan fingerprint density at radius 3 is 2.67 bits per heavy atom. The maximum absolute atomic E-state index is 11.0. The van der Waals surface area contributed by atoms with Gasteiger partial charge in [-0.25, -0.2) is 0 Å². The zero-order valence-corrected chi connectivity index (χ0v) is 12.1. The lowest BCUT2D eigenvalue weighted by molar-refractivity contribution is -0.384. The Morgan fingerprint density at radius 2 is 2.00 bits per heavy atom. The first-order valence-electron chi connectivity index (χ1n) is 6.81. The molecule has 0 unspecified atom stereocenters. The minimum atomic E-state index is -0.415. The van der Waals surface area contributed by atoms with Gasteiger partial charge in [0.2, 0.25) is 0 Å². The summed E-state index contributed by atoms with van der Waals surface area (Å²) in [6, 6.07) is 12.7. The van der Waals surface area contributed by atoms with Crippen molar-refractivity contribution in [3.05, 3.63) is 63.7 Å². The molecule has 0 aromatic heterocycles. The Kier molecular flexibility index (Phi) is 4.77. The van der Waals surface area contributed by atoms with Crippen LogP contribution in [0.2, 0.25) is 0 Å². The van der Waals surface area contributed by atoms with Gasteiger partial charge in [0, 0.05) is 24.4 Å². The van der Waals surface area contributed by atoms with Crippen LogP contribution in [0.1, 0.15) is 18.1 Å². The fourth-order valence-corrected chi connectivity index (χ4v) is 2.05. The average Bonchev–Trinajstić information content (AvgIpc) is 2.46. The van der Waals surface area contributed by atoms with Crippen molar-refractivity contribution in [2.75, 3.05) is 11.9 Å². The second-order valence-electron chi connectivity index (χ2n) is 4.69. The van der Waals surface area contributed by atoms with E-state index in [1.807, 2.05) is 38.1 Å². The lowest BCUT2D eigenvalue weighted by Gasteiger charge is -2.11.